The van der Waals surface area contributed by atoms with Crippen LogP contribution < -0.4 is 10.6 Å². The summed E-state index contributed by atoms with van der Waals surface area (Å²) in [5.41, 5.74) is 3.24. The number of nitrogens with one attached hydrogen (secondary N) is 2. The van der Waals surface area contributed by atoms with Crippen molar-refractivity contribution in [1.29, 1.82) is 0 Å². The average molecular weight is 373 g/mol. The Morgan fingerprint density at radius 2 is 1.77 bits per heavy atom. The van der Waals surface area contributed by atoms with Crippen LogP contribution in [0, 0.1) is 0 Å². The van der Waals surface area contributed by atoms with Gasteiger partial charge in [-0.05, 0) is 68.4 Å². The Morgan fingerprint density at radius 1 is 1.12 bits per heavy atom. The molecule has 1 rings (SSSR count). The van der Waals surface area contributed by atoms with Gasteiger partial charge in [-0.1, -0.05) is 56.7 Å². The Balaban J connectivity index is 2.35. The monoisotopic (exact) mass is 372 g/mol. The van der Waals surface area contributed by atoms with E-state index in [4.69, 9.17) is 12.2 Å². The van der Waals surface area contributed by atoms with Crippen LogP contribution in [0.25, 0.3) is 0 Å². The Kier molecular flexibility index (Phi) is 9.28. The number of carbonyl (C=O) groups excluding carboxylic acids is 1. The van der Waals surface area contributed by atoms with E-state index < -0.39 is 0 Å². The van der Waals surface area contributed by atoms with Gasteiger partial charge < -0.3 is 5.32 Å². The highest BCUT2D eigenvalue weighted by Crippen LogP contribution is 2.22. The zero-order chi connectivity index (χ0) is 19.6. The first-order valence-corrected chi connectivity index (χ1v) is 9.66. The highest BCUT2D eigenvalue weighted by Gasteiger charge is 2.14. The van der Waals surface area contributed by atoms with Crippen molar-refractivity contribution in [1.82, 2.24) is 10.6 Å². The largest absolute Gasteiger partial charge is 0.362 e. The highest BCUT2D eigenvalue weighted by molar-refractivity contribution is 7.80. The molecule has 0 saturated heterocycles. The van der Waals surface area contributed by atoms with Gasteiger partial charge in [0, 0.05) is 12.1 Å². The predicted octanol–water partition coefficient (Wildman–Crippen LogP) is 5.28. The van der Waals surface area contributed by atoms with Crippen LogP contribution in [0.15, 0.2) is 48.1 Å². The van der Waals surface area contributed by atoms with Crippen molar-refractivity contribution in [3.05, 3.63) is 59.2 Å². The van der Waals surface area contributed by atoms with Gasteiger partial charge in [0.2, 0.25) is 0 Å². The molecule has 1 aromatic carbocycles. The van der Waals surface area contributed by atoms with Crippen molar-refractivity contribution in [2.75, 3.05) is 6.54 Å². The summed E-state index contributed by atoms with van der Waals surface area (Å²) in [6.45, 7) is 11.3. The maximum absolute atomic E-state index is 12.3. The molecule has 0 aromatic heterocycles. The molecule has 142 valence electrons. The van der Waals surface area contributed by atoms with Gasteiger partial charge in [-0.2, -0.15) is 0 Å². The molecule has 0 aliphatic carbocycles. The molecule has 26 heavy (non-hydrogen) atoms. The molecule has 0 radical (unpaired) electrons. The second-order valence-corrected chi connectivity index (χ2v) is 7.77. The van der Waals surface area contributed by atoms with Gasteiger partial charge in [0.1, 0.15) is 0 Å². The summed E-state index contributed by atoms with van der Waals surface area (Å²) in [5, 5.41) is 6.23. The maximum Gasteiger partial charge on any atom is 0.257 e. The normalized spacial score (nSPS) is 12.3. The number of carbonyl (C=O) groups is 1. The molecule has 4 heteroatoms. The standard InChI is InChI=1S/C22H32N2OS/c1-6-10-17(7-2)11-8-9-16-23-21(26)24-20(25)18-12-14-19(15-13-18)22(3,4)5/h6-7,10,12-15H,8-9,11,16H2,1-5H3,(H2,23,24,25,26)/b10-6-,17-7+. The second-order valence-electron chi connectivity index (χ2n) is 7.36. The van der Waals surface area contributed by atoms with E-state index in [0.717, 1.165) is 25.8 Å². The molecule has 0 unspecified atom stereocenters. The molecule has 0 spiro atoms. The summed E-state index contributed by atoms with van der Waals surface area (Å²) in [6.07, 6.45) is 9.49. The molecule has 0 atom stereocenters. The van der Waals surface area contributed by atoms with Gasteiger partial charge in [-0.15, -0.1) is 0 Å². The van der Waals surface area contributed by atoms with E-state index in [2.05, 4.69) is 56.6 Å². The lowest BCUT2D eigenvalue weighted by Crippen LogP contribution is -2.39. The van der Waals surface area contributed by atoms with Crippen LogP contribution in [-0.4, -0.2) is 17.6 Å². The lowest BCUT2D eigenvalue weighted by molar-refractivity contribution is 0.0976. The average Bonchev–Trinajstić information content (AvgIpc) is 2.59. The van der Waals surface area contributed by atoms with Gasteiger partial charge in [0.05, 0.1) is 0 Å². The van der Waals surface area contributed by atoms with E-state index in [1.54, 1.807) is 0 Å². The van der Waals surface area contributed by atoms with Gasteiger partial charge in [-0.25, -0.2) is 0 Å². The van der Waals surface area contributed by atoms with E-state index in [1.807, 2.05) is 31.2 Å². The molecule has 0 aliphatic rings. The molecule has 1 aromatic rings. The minimum Gasteiger partial charge on any atom is -0.362 e. The number of allylic oxidation sites excluding steroid dienone is 4. The fraction of sp³-hybridized carbons (Fsp3) is 0.455. The van der Waals surface area contributed by atoms with Crippen LogP contribution in [0.3, 0.4) is 0 Å². The Hall–Kier alpha value is -1.94. The van der Waals surface area contributed by atoms with Gasteiger partial charge >= 0.3 is 0 Å². The Labute approximate surface area is 164 Å². The van der Waals surface area contributed by atoms with E-state index >= 15 is 0 Å². The lowest BCUT2D eigenvalue weighted by atomic mass is 9.87. The third kappa shape index (κ3) is 7.96. The zero-order valence-electron chi connectivity index (χ0n) is 16.7. The van der Waals surface area contributed by atoms with Gasteiger partial charge in [-0.3, -0.25) is 10.1 Å². The third-order valence-corrected chi connectivity index (χ3v) is 4.42. The number of thiocarbonyl (C=S) groups is 1. The van der Waals surface area contributed by atoms with Crippen LogP contribution in [0.5, 0.6) is 0 Å². The summed E-state index contributed by atoms with van der Waals surface area (Å²) in [7, 11) is 0. The fourth-order valence-corrected chi connectivity index (χ4v) is 2.73. The minimum atomic E-state index is -0.174. The summed E-state index contributed by atoms with van der Waals surface area (Å²) >= 11 is 5.22. The second kappa shape index (κ2) is 10.9. The number of benzene rings is 1. The number of rotatable bonds is 7. The molecule has 0 heterocycles. The van der Waals surface area contributed by atoms with Crippen molar-refractivity contribution in [2.24, 2.45) is 0 Å². The third-order valence-electron chi connectivity index (χ3n) is 4.17. The first kappa shape index (κ1) is 22.1. The Morgan fingerprint density at radius 3 is 2.31 bits per heavy atom. The number of unbranched alkanes of at least 4 members (excludes halogenated alkanes) is 1. The van der Waals surface area contributed by atoms with Crippen molar-refractivity contribution >= 4 is 23.2 Å². The summed E-state index contributed by atoms with van der Waals surface area (Å²) in [6, 6.07) is 7.68. The first-order valence-electron chi connectivity index (χ1n) is 9.25. The molecule has 0 fully saturated rings. The quantitative estimate of drug-likeness (QED) is 0.389. The number of amides is 1. The Bertz CT molecular complexity index is 652. The van der Waals surface area contributed by atoms with Crippen molar-refractivity contribution in [2.45, 2.75) is 59.3 Å². The van der Waals surface area contributed by atoms with Crippen molar-refractivity contribution in [3.63, 3.8) is 0 Å². The maximum atomic E-state index is 12.3. The molecule has 0 saturated carbocycles. The highest BCUT2D eigenvalue weighted by atomic mass is 32.1. The van der Waals surface area contributed by atoms with E-state index in [1.165, 1.54) is 11.1 Å². The molecule has 2 N–H and O–H groups in total. The van der Waals surface area contributed by atoms with Gasteiger partial charge in [0.25, 0.3) is 5.91 Å². The smallest absolute Gasteiger partial charge is 0.257 e. The number of hydrogen-bond donors (Lipinski definition) is 2. The van der Waals surface area contributed by atoms with Crippen LogP contribution in [0.2, 0.25) is 0 Å². The zero-order valence-corrected chi connectivity index (χ0v) is 17.5. The summed E-state index contributed by atoms with van der Waals surface area (Å²) < 4.78 is 0. The summed E-state index contributed by atoms with van der Waals surface area (Å²) in [5.74, 6) is -0.174. The van der Waals surface area contributed by atoms with Crippen LogP contribution in [0.4, 0.5) is 0 Å². The first-order chi connectivity index (χ1) is 12.3. The molecular weight excluding hydrogens is 340 g/mol. The molecule has 3 nitrogen and oxygen atoms in total. The SMILES string of the molecule is C/C=C\C(=C/C)CCCCNC(=S)NC(=O)c1ccc(C(C)(C)C)cc1. The molecular formula is C22H32N2OS. The minimum absolute atomic E-state index is 0.0750. The lowest BCUT2D eigenvalue weighted by Gasteiger charge is -2.19. The van der Waals surface area contributed by atoms with Crippen molar-refractivity contribution in [3.8, 4) is 0 Å². The predicted molar refractivity (Wildman–Crippen MR) is 116 cm³/mol. The van der Waals surface area contributed by atoms with E-state index in [-0.39, 0.29) is 11.3 Å². The van der Waals surface area contributed by atoms with E-state index in [0.29, 0.717) is 10.7 Å². The molecule has 0 bridgehead atoms. The topological polar surface area (TPSA) is 41.1 Å². The summed E-state index contributed by atoms with van der Waals surface area (Å²) in [4.78, 5) is 12.3. The van der Waals surface area contributed by atoms with Crippen LogP contribution >= 0.6 is 12.2 Å². The molecule has 1 amide bonds. The van der Waals surface area contributed by atoms with Crippen LogP contribution in [0.1, 0.15) is 69.8 Å². The van der Waals surface area contributed by atoms with Gasteiger partial charge in [0.15, 0.2) is 5.11 Å². The van der Waals surface area contributed by atoms with Crippen LogP contribution in [-0.2, 0) is 5.41 Å². The number of hydrogen-bond acceptors (Lipinski definition) is 2. The van der Waals surface area contributed by atoms with Crippen molar-refractivity contribution < 1.29 is 4.79 Å². The van der Waals surface area contributed by atoms with E-state index in [9.17, 15) is 4.79 Å². The fourth-order valence-electron chi connectivity index (χ4n) is 2.54. The molecule has 0 aliphatic heterocycles.